The summed E-state index contributed by atoms with van der Waals surface area (Å²) in [5, 5.41) is 74.2. The molecule has 0 bridgehead atoms. The second-order valence-corrected chi connectivity index (χ2v) is 25.7. The van der Waals surface area contributed by atoms with Crippen molar-refractivity contribution in [3.05, 3.63) is 118 Å². The molecule has 13 nitrogen and oxygen atoms in total. The number of ketones is 2. The molecular weight excluding hydrogens is 1000 g/mol. The minimum Gasteiger partial charge on any atom is -0.504 e. The summed E-state index contributed by atoms with van der Waals surface area (Å²) in [4.78, 5) is 32.4. The third kappa shape index (κ3) is 10.2. The summed E-state index contributed by atoms with van der Waals surface area (Å²) in [6, 6.07) is 20.2. The molecule has 8 aliphatic rings. The molecule has 3 heterocycles. The summed E-state index contributed by atoms with van der Waals surface area (Å²) in [6.45, 7) is 5.16. The first-order chi connectivity index (χ1) is 38.8. The van der Waals surface area contributed by atoms with E-state index in [0.29, 0.717) is 80.0 Å². The highest BCUT2D eigenvalue weighted by molar-refractivity contribution is 5.89. The minimum absolute atomic E-state index is 0.0107. The van der Waals surface area contributed by atoms with Gasteiger partial charge in [-0.25, -0.2) is 0 Å². The predicted molar refractivity (Wildman–Crippen MR) is 310 cm³/mol. The second kappa shape index (κ2) is 22.7. The van der Waals surface area contributed by atoms with Crippen LogP contribution in [0.4, 0.5) is 0 Å². The van der Waals surface area contributed by atoms with E-state index in [1.54, 1.807) is 12.1 Å². The Labute approximate surface area is 472 Å². The number of carbonyl (C=O) groups is 2. The number of phenolic OH excluding ortho intramolecular Hbond substituents is 1. The molecular formula is C67H85N5O8. The van der Waals surface area contributed by atoms with E-state index in [9.17, 15) is 30.3 Å². The van der Waals surface area contributed by atoms with Crippen LogP contribution in [0.2, 0.25) is 0 Å². The van der Waals surface area contributed by atoms with Crippen LogP contribution in [0, 0.1) is 58.7 Å². The molecule has 5 fully saturated rings. The lowest BCUT2D eigenvalue weighted by Crippen LogP contribution is -2.65. The van der Waals surface area contributed by atoms with E-state index in [2.05, 4.69) is 88.4 Å². The lowest BCUT2D eigenvalue weighted by Gasteiger charge is -2.64. The fourth-order valence-electron chi connectivity index (χ4n) is 17.8. The summed E-state index contributed by atoms with van der Waals surface area (Å²) in [5.74, 6) is 9.03. The topological polar surface area (TPSA) is 222 Å². The van der Waals surface area contributed by atoms with E-state index < -0.39 is 35.2 Å². The molecule has 0 amide bonds. The number of phenols is 1. The Bertz CT molecular complexity index is 3080. The molecule has 0 unspecified atom stereocenters. The van der Waals surface area contributed by atoms with Crippen molar-refractivity contribution in [2.75, 3.05) is 33.3 Å². The average molecular weight is 1090 g/mol. The summed E-state index contributed by atoms with van der Waals surface area (Å²) in [7, 11) is 1.49. The molecule has 80 heavy (non-hydrogen) atoms. The van der Waals surface area contributed by atoms with Gasteiger partial charge in [0.2, 0.25) is 0 Å². The number of carbonyl (C=O) groups excluding carboxylic acids is 2. The lowest BCUT2D eigenvalue weighted by molar-refractivity contribution is -0.141. The van der Waals surface area contributed by atoms with Gasteiger partial charge >= 0.3 is 0 Å². The van der Waals surface area contributed by atoms with Crippen molar-refractivity contribution in [2.45, 2.75) is 163 Å². The Hall–Kier alpha value is -5.46. The fourth-order valence-corrected chi connectivity index (χ4v) is 17.8. The van der Waals surface area contributed by atoms with Gasteiger partial charge in [-0.15, -0.1) is 0 Å². The number of aliphatic hydroxyl groups excluding tert-OH is 3. The quantitative estimate of drug-likeness (QED) is 0.0509. The minimum atomic E-state index is -1.37. The van der Waals surface area contributed by atoms with Crippen LogP contribution < -0.4 is 26.4 Å². The molecule has 13 heteroatoms. The van der Waals surface area contributed by atoms with Crippen molar-refractivity contribution in [2.24, 2.45) is 52.6 Å². The molecule has 4 saturated carbocycles. The maximum Gasteiger partial charge on any atom is 0.160 e. The van der Waals surface area contributed by atoms with Gasteiger partial charge in [-0.3, -0.25) is 9.59 Å². The van der Waals surface area contributed by atoms with Gasteiger partial charge in [-0.1, -0.05) is 86.6 Å². The molecule has 11 N–H and O–H groups in total. The molecule has 0 radical (unpaired) electrons. The van der Waals surface area contributed by atoms with Crippen molar-refractivity contribution in [1.82, 2.24) is 20.9 Å². The number of H-pyrrole nitrogens is 1. The van der Waals surface area contributed by atoms with Crippen LogP contribution in [0.5, 0.6) is 11.5 Å². The number of aromatic nitrogens is 1. The zero-order valence-corrected chi connectivity index (χ0v) is 46.8. The number of nitrogens with two attached hydrogens (primary N) is 1. The number of benzene rings is 3. The van der Waals surface area contributed by atoms with Gasteiger partial charge in [-0.05, 0) is 194 Å². The number of methoxy groups -OCH3 is 1. The fraction of sp³-hybridized carbons (Fsp3) is 0.582. The van der Waals surface area contributed by atoms with Crippen molar-refractivity contribution in [3.8, 4) is 23.3 Å². The Morgan fingerprint density at radius 2 is 1.75 bits per heavy atom. The van der Waals surface area contributed by atoms with Gasteiger partial charge in [0, 0.05) is 61.5 Å². The number of allylic oxidation sites excluding steroid dienone is 2. The number of fused-ring (bicyclic) bond motifs is 5. The number of ether oxygens (including phenoxy) is 1. The normalized spacial score (nSPS) is 33.6. The van der Waals surface area contributed by atoms with Crippen molar-refractivity contribution < 1.29 is 39.9 Å². The van der Waals surface area contributed by atoms with Gasteiger partial charge in [0.25, 0.3) is 0 Å². The number of dihydropyridines is 1. The maximum absolute atomic E-state index is 15.2. The van der Waals surface area contributed by atoms with Crippen molar-refractivity contribution in [1.29, 1.82) is 0 Å². The van der Waals surface area contributed by atoms with E-state index in [1.165, 1.54) is 18.4 Å². The first kappa shape index (κ1) is 55.1. The van der Waals surface area contributed by atoms with Gasteiger partial charge in [-0.2, -0.15) is 0 Å². The third-order valence-electron chi connectivity index (χ3n) is 21.6. The number of hydrogen-bond acceptors (Lipinski definition) is 12. The Morgan fingerprint density at radius 1 is 0.925 bits per heavy atom. The van der Waals surface area contributed by atoms with E-state index in [1.807, 2.05) is 18.2 Å². The van der Waals surface area contributed by atoms with Crippen LogP contribution in [-0.4, -0.2) is 105 Å². The van der Waals surface area contributed by atoms with Gasteiger partial charge in [0.05, 0.1) is 36.8 Å². The summed E-state index contributed by atoms with van der Waals surface area (Å²) < 4.78 is 5.60. The number of aliphatic hydroxyl groups is 4. The molecule has 12 rings (SSSR count). The third-order valence-corrected chi connectivity index (χ3v) is 21.6. The molecule has 1 spiro atoms. The monoisotopic (exact) mass is 1090 g/mol. The smallest absolute Gasteiger partial charge is 0.160 e. The number of aryl methyl sites for hydroxylation is 1. The Morgan fingerprint density at radius 3 is 2.54 bits per heavy atom. The molecule has 3 aromatic carbocycles. The largest absolute Gasteiger partial charge is 0.504 e. The van der Waals surface area contributed by atoms with Crippen LogP contribution in [0.25, 0.3) is 10.8 Å². The van der Waals surface area contributed by atoms with Gasteiger partial charge in [0.1, 0.15) is 11.2 Å². The van der Waals surface area contributed by atoms with Crippen LogP contribution >= 0.6 is 0 Å². The van der Waals surface area contributed by atoms with Crippen LogP contribution in [0.15, 0.2) is 90.4 Å². The Balaban J connectivity index is 0.874. The highest BCUT2D eigenvalue weighted by Crippen LogP contribution is 2.66. The van der Waals surface area contributed by atoms with E-state index >= 15 is 4.79 Å². The number of aromatic hydroxyl groups is 1. The van der Waals surface area contributed by atoms with E-state index in [0.717, 1.165) is 92.1 Å². The molecule has 1 aromatic heterocycles. The van der Waals surface area contributed by atoms with Crippen LogP contribution in [0.1, 0.15) is 155 Å². The number of piperidine rings is 1. The van der Waals surface area contributed by atoms with Gasteiger partial charge in [0.15, 0.2) is 17.3 Å². The highest BCUT2D eigenvalue weighted by atomic mass is 16.5. The second-order valence-electron chi connectivity index (χ2n) is 25.7. The zero-order chi connectivity index (χ0) is 55.5. The zero-order valence-electron chi connectivity index (χ0n) is 46.8. The molecule has 426 valence electrons. The van der Waals surface area contributed by atoms with E-state index in [4.69, 9.17) is 10.5 Å². The van der Waals surface area contributed by atoms with Crippen molar-refractivity contribution in [3.63, 3.8) is 0 Å². The first-order valence-electron chi connectivity index (χ1n) is 30.5. The number of aromatic amines is 1. The number of rotatable bonds is 15. The predicted octanol–water partition coefficient (Wildman–Crippen LogP) is 8.26. The highest BCUT2D eigenvalue weighted by Gasteiger charge is 2.63. The standard InChI is InChI=1S/C67H85N5O8/c1-3-69-36-52-61(46(17-22-66(79)20-7-4-8-21-66)51-37-72-53-33-45(73)32-50-47-19-26-71-65(47)64(52)63(51)62(50)53)44-16-24-67(59(78)30-44)23-15-42(49-35-56(76)57(80-2)29-41(49)13-14-58(67)77)28-54(74)55(75)34-48(43-18-25-70-60(68)31-43)40-12-11-38-9-5-6-10-39(38)27-40/h5-6,9-12,18-19,26-27,29,31,35,42,44,46,48,50-55,59,61-64,69-72,74-76,78-79H,3-4,7-8,13-14,16-17,20-22,24-25,28,30,32-34,36-37,68H2,1-2H3/t42-,44-,46+,48+,50-,51+,52+,53-,54+,55-,59-,61-,62+,63+,64+,67-/m1/s1. The molecule has 4 aromatic rings. The molecule has 16 atom stereocenters. The molecule has 2 aliphatic heterocycles. The van der Waals surface area contributed by atoms with Crippen LogP contribution in [-0.2, 0) is 16.0 Å². The SMILES string of the molecule is CCNC[C@@H]1[C@@H]2c3[nH]ccc3[C@H]3CC(=O)C[C@H]4NC[C@@H]([C@H](CCC5(O)CCCCC5)[C@H]1[C@@H]1CC[C@@]5(C#C[C@H](C[C@H](O)[C@H](O)C[C@H](C6=CCNC(N)=C6)c6ccc7ccccc7c6)c6cc(O)c(OC)cc6CCC5=O)[C@H](O)C1)[C@H]2[C@@H]34. The number of hydrogen-bond donors (Lipinski definition) is 10. The Kier molecular flexibility index (Phi) is 15.6. The van der Waals surface area contributed by atoms with Gasteiger partial charge < -0.3 is 56.9 Å². The summed E-state index contributed by atoms with van der Waals surface area (Å²) >= 11 is 0. The maximum atomic E-state index is 15.2. The molecule has 1 saturated heterocycles. The number of nitrogens with one attached hydrogen (secondary N) is 4. The van der Waals surface area contributed by atoms with E-state index in [-0.39, 0.29) is 84.0 Å². The number of Topliss-reactive ketones (excluding diaryl/α,β-unsaturated/α-hetero) is 2. The molecule has 6 aliphatic carbocycles. The average Bonchev–Trinajstić information content (AvgIpc) is 3.98. The first-order valence-corrected chi connectivity index (χ1v) is 30.5. The van der Waals surface area contributed by atoms with Crippen LogP contribution in [0.3, 0.4) is 0 Å². The van der Waals surface area contributed by atoms with Crippen molar-refractivity contribution >= 4 is 22.3 Å². The lowest BCUT2D eigenvalue weighted by atomic mass is 9.43. The summed E-state index contributed by atoms with van der Waals surface area (Å²) in [6.07, 6.45) is 12.3. The summed E-state index contributed by atoms with van der Waals surface area (Å²) in [5.41, 5.74) is 10.2.